The smallest absolute Gasteiger partial charge is 0.323 e. The molecule has 0 saturated heterocycles. The molecule has 1 atom stereocenters. The van der Waals surface area contributed by atoms with Gasteiger partial charge in [-0.1, -0.05) is 34.6 Å². The predicted molar refractivity (Wildman–Crippen MR) is 130 cm³/mol. The van der Waals surface area contributed by atoms with Crippen LogP contribution >= 0.6 is 0 Å². The summed E-state index contributed by atoms with van der Waals surface area (Å²) in [5.74, 6) is 0.0475. The second kappa shape index (κ2) is 11.7. The van der Waals surface area contributed by atoms with Gasteiger partial charge in [0.25, 0.3) is 0 Å². The summed E-state index contributed by atoms with van der Waals surface area (Å²) in [5.41, 5.74) is -2.38. The van der Waals surface area contributed by atoms with E-state index in [1.165, 1.54) is 0 Å². The highest BCUT2D eigenvalue weighted by Crippen LogP contribution is 2.23. The lowest BCUT2D eigenvalue weighted by molar-refractivity contribution is -0.164. The minimum atomic E-state index is -0.994. The quantitative estimate of drug-likeness (QED) is 0.381. The van der Waals surface area contributed by atoms with E-state index in [0.717, 1.165) is 0 Å². The number of carbonyl (C=O) groups excluding carboxylic acids is 3. The van der Waals surface area contributed by atoms with Crippen molar-refractivity contribution in [2.24, 2.45) is 11.3 Å². The highest BCUT2D eigenvalue weighted by Gasteiger charge is 2.33. The van der Waals surface area contributed by atoms with E-state index < -0.39 is 16.6 Å². The molecule has 0 fully saturated rings. The first-order valence-corrected chi connectivity index (χ1v) is 11.9. The second-order valence-corrected chi connectivity index (χ2v) is 12.5. The molecule has 1 unspecified atom stereocenters. The highest BCUT2D eigenvalue weighted by atomic mass is 16.6. The van der Waals surface area contributed by atoms with Crippen LogP contribution in [0.2, 0.25) is 0 Å². The van der Waals surface area contributed by atoms with Crippen LogP contribution in [-0.4, -0.2) is 46.9 Å². The Morgan fingerprint density at radius 3 is 1.75 bits per heavy atom. The molecule has 1 N–H and O–H groups in total. The number of Topliss-reactive ketones (excluding diaryl/α,β-unsaturated/α-hetero) is 2. The molecule has 0 aliphatic rings. The molecule has 6 heteroatoms. The van der Waals surface area contributed by atoms with E-state index in [4.69, 9.17) is 9.47 Å². The van der Waals surface area contributed by atoms with Gasteiger partial charge in [-0.25, -0.2) is 0 Å². The van der Waals surface area contributed by atoms with E-state index in [2.05, 4.69) is 19.2 Å². The standard InChI is InChI=1S/C26H49NO5/c1-18(2)17-19(27-24(6,7)8)22(30)32-25(9,10)15-16-31-26(11,12)21(29)14-13-20(28)23(3,4)5/h18-19,27H,13-17H2,1-12H3. The Bertz CT molecular complexity index is 636. The Labute approximate surface area is 196 Å². The molecule has 0 saturated carbocycles. The van der Waals surface area contributed by atoms with Crippen LogP contribution in [0.3, 0.4) is 0 Å². The normalized spacial score (nSPS) is 14.4. The van der Waals surface area contributed by atoms with Gasteiger partial charge in [0.15, 0.2) is 5.78 Å². The maximum atomic E-state index is 12.9. The van der Waals surface area contributed by atoms with Gasteiger partial charge in [0.1, 0.15) is 23.0 Å². The van der Waals surface area contributed by atoms with Crippen molar-refractivity contribution in [2.45, 2.75) is 132 Å². The number of hydrogen-bond donors (Lipinski definition) is 1. The lowest BCUT2D eigenvalue weighted by Gasteiger charge is -2.33. The van der Waals surface area contributed by atoms with Crippen LogP contribution < -0.4 is 5.32 Å². The summed E-state index contributed by atoms with van der Waals surface area (Å²) in [6, 6.07) is -0.381. The third-order valence-electron chi connectivity index (χ3n) is 5.23. The van der Waals surface area contributed by atoms with Gasteiger partial charge in [0, 0.05) is 30.2 Å². The van der Waals surface area contributed by atoms with Gasteiger partial charge in [0.2, 0.25) is 0 Å². The average molecular weight is 456 g/mol. The minimum Gasteiger partial charge on any atom is -0.458 e. The number of ether oxygens (including phenoxy) is 2. The van der Waals surface area contributed by atoms with Crippen LogP contribution in [0.1, 0.15) is 109 Å². The highest BCUT2D eigenvalue weighted by molar-refractivity contribution is 5.92. The number of esters is 1. The Balaban J connectivity index is 4.81. The van der Waals surface area contributed by atoms with E-state index >= 15 is 0 Å². The van der Waals surface area contributed by atoms with Crippen molar-refractivity contribution in [2.75, 3.05) is 6.61 Å². The van der Waals surface area contributed by atoms with Gasteiger partial charge in [-0.15, -0.1) is 0 Å². The summed E-state index contributed by atoms with van der Waals surface area (Å²) in [7, 11) is 0. The van der Waals surface area contributed by atoms with Gasteiger partial charge < -0.3 is 9.47 Å². The fourth-order valence-corrected chi connectivity index (χ4v) is 3.14. The van der Waals surface area contributed by atoms with E-state index in [1.54, 1.807) is 13.8 Å². The molecule has 0 rings (SSSR count). The Morgan fingerprint density at radius 2 is 1.31 bits per heavy atom. The number of carbonyl (C=O) groups is 3. The Morgan fingerprint density at radius 1 is 0.812 bits per heavy atom. The van der Waals surface area contributed by atoms with Crippen LogP contribution in [-0.2, 0) is 23.9 Å². The van der Waals surface area contributed by atoms with E-state index in [0.29, 0.717) is 18.8 Å². The fraction of sp³-hybridized carbons (Fsp3) is 0.885. The molecule has 0 aromatic carbocycles. The molecule has 0 spiro atoms. The predicted octanol–water partition coefficient (Wildman–Crippen LogP) is 5.26. The first-order chi connectivity index (χ1) is 14.2. The zero-order valence-corrected chi connectivity index (χ0v) is 22.7. The van der Waals surface area contributed by atoms with Gasteiger partial charge in [-0.3, -0.25) is 19.7 Å². The number of nitrogens with one attached hydrogen (secondary N) is 1. The van der Waals surface area contributed by atoms with Crippen molar-refractivity contribution in [3.05, 3.63) is 0 Å². The molecule has 0 heterocycles. The number of rotatable bonds is 13. The van der Waals surface area contributed by atoms with Crippen molar-refractivity contribution in [1.29, 1.82) is 0 Å². The molecule has 0 aliphatic carbocycles. The average Bonchev–Trinajstić information content (AvgIpc) is 2.55. The molecule has 0 aromatic heterocycles. The molecule has 0 bridgehead atoms. The van der Waals surface area contributed by atoms with E-state index in [9.17, 15) is 14.4 Å². The summed E-state index contributed by atoms with van der Waals surface area (Å²) in [5, 5.41) is 3.36. The maximum Gasteiger partial charge on any atom is 0.323 e. The zero-order chi connectivity index (χ0) is 25.5. The topological polar surface area (TPSA) is 81.7 Å². The van der Waals surface area contributed by atoms with Gasteiger partial charge in [0.05, 0.1) is 6.61 Å². The summed E-state index contributed by atoms with van der Waals surface area (Å²) in [6.45, 7) is 23.2. The third-order valence-corrected chi connectivity index (χ3v) is 5.23. The van der Waals surface area contributed by atoms with Crippen LogP contribution in [0.5, 0.6) is 0 Å². The number of hydrogen-bond acceptors (Lipinski definition) is 6. The molecule has 0 aliphatic heterocycles. The molecule has 6 nitrogen and oxygen atoms in total. The lowest BCUT2D eigenvalue weighted by Crippen LogP contribution is -2.50. The summed E-state index contributed by atoms with van der Waals surface area (Å²) < 4.78 is 11.7. The number of ketones is 2. The SMILES string of the molecule is CC(C)CC(NC(C)(C)C)C(=O)OC(C)(C)CCOC(C)(C)C(=O)CCC(=O)C(C)(C)C. The van der Waals surface area contributed by atoms with Crippen molar-refractivity contribution in [3.8, 4) is 0 Å². The van der Waals surface area contributed by atoms with E-state index in [-0.39, 0.29) is 48.6 Å². The minimum absolute atomic E-state index is 0.0644. The molecule has 32 heavy (non-hydrogen) atoms. The molecular formula is C26H49NO5. The summed E-state index contributed by atoms with van der Waals surface area (Å²) in [6.07, 6.45) is 1.53. The molecular weight excluding hydrogens is 406 g/mol. The zero-order valence-electron chi connectivity index (χ0n) is 22.7. The van der Waals surface area contributed by atoms with Crippen molar-refractivity contribution in [1.82, 2.24) is 5.32 Å². The molecule has 0 amide bonds. The second-order valence-electron chi connectivity index (χ2n) is 12.5. The third kappa shape index (κ3) is 12.7. The van der Waals surface area contributed by atoms with Gasteiger partial charge >= 0.3 is 5.97 Å². The van der Waals surface area contributed by atoms with Crippen molar-refractivity contribution >= 4 is 17.5 Å². The van der Waals surface area contributed by atoms with E-state index in [1.807, 2.05) is 55.4 Å². The summed E-state index contributed by atoms with van der Waals surface area (Å²) in [4.78, 5) is 37.5. The first kappa shape index (κ1) is 30.7. The fourth-order valence-electron chi connectivity index (χ4n) is 3.14. The molecule has 0 radical (unpaired) electrons. The van der Waals surface area contributed by atoms with Crippen LogP contribution in [0, 0.1) is 11.3 Å². The molecule has 188 valence electrons. The Hall–Kier alpha value is -1.27. The van der Waals surface area contributed by atoms with Crippen LogP contribution in [0.25, 0.3) is 0 Å². The Kier molecular flexibility index (Phi) is 11.3. The summed E-state index contributed by atoms with van der Waals surface area (Å²) >= 11 is 0. The van der Waals surface area contributed by atoms with Crippen LogP contribution in [0.4, 0.5) is 0 Å². The van der Waals surface area contributed by atoms with Gasteiger partial charge in [-0.2, -0.15) is 0 Å². The van der Waals surface area contributed by atoms with Crippen molar-refractivity contribution < 1.29 is 23.9 Å². The van der Waals surface area contributed by atoms with Crippen LogP contribution in [0.15, 0.2) is 0 Å². The molecule has 0 aromatic rings. The largest absolute Gasteiger partial charge is 0.458 e. The maximum absolute atomic E-state index is 12.9. The lowest BCUT2D eigenvalue weighted by atomic mass is 9.86. The van der Waals surface area contributed by atoms with Crippen molar-refractivity contribution in [3.63, 3.8) is 0 Å². The monoisotopic (exact) mass is 455 g/mol. The first-order valence-electron chi connectivity index (χ1n) is 11.9. The van der Waals surface area contributed by atoms with Gasteiger partial charge in [-0.05, 0) is 60.8 Å².